The highest BCUT2D eigenvalue weighted by Crippen LogP contribution is 2.36. The molecule has 37 heavy (non-hydrogen) atoms. The summed E-state index contributed by atoms with van der Waals surface area (Å²) in [7, 11) is -5.73. The van der Waals surface area contributed by atoms with Crippen LogP contribution in [-0.2, 0) is 22.0 Å². The summed E-state index contributed by atoms with van der Waals surface area (Å²) >= 11 is 0. The van der Waals surface area contributed by atoms with Gasteiger partial charge in [0.1, 0.15) is 18.1 Å². The molecule has 0 bridgehead atoms. The number of sulfonamides is 1. The summed E-state index contributed by atoms with van der Waals surface area (Å²) in [5, 5.41) is 0. The molecule has 0 fully saturated rings. The Balaban J connectivity index is 1.92. The Morgan fingerprint density at radius 1 is 0.784 bits per heavy atom. The van der Waals surface area contributed by atoms with E-state index >= 15 is 0 Å². The van der Waals surface area contributed by atoms with Gasteiger partial charge in [0, 0.05) is 0 Å². The van der Waals surface area contributed by atoms with Crippen LogP contribution in [0.4, 0.5) is 32.0 Å². The lowest BCUT2D eigenvalue weighted by atomic mass is 9.87. The first-order chi connectivity index (χ1) is 16.9. The maximum atomic E-state index is 13.0. The van der Waals surface area contributed by atoms with Crippen LogP contribution in [0.2, 0.25) is 0 Å². The van der Waals surface area contributed by atoms with Gasteiger partial charge in [0.05, 0.1) is 5.69 Å². The van der Waals surface area contributed by atoms with Crippen molar-refractivity contribution in [3.8, 4) is 22.6 Å². The van der Waals surface area contributed by atoms with Gasteiger partial charge in [-0.3, -0.25) is 4.72 Å². The van der Waals surface area contributed by atoms with E-state index in [4.69, 9.17) is 4.74 Å². The number of alkyl halides is 6. The lowest BCUT2D eigenvalue weighted by Crippen LogP contribution is -2.30. The number of anilines is 1. The number of nitrogens with one attached hydrogen (secondary N) is 1. The minimum Gasteiger partial charge on any atom is -0.487 e. The van der Waals surface area contributed by atoms with Crippen molar-refractivity contribution < 1.29 is 44.2 Å². The molecule has 0 heterocycles. The van der Waals surface area contributed by atoms with E-state index < -0.39 is 33.3 Å². The highest BCUT2D eigenvalue weighted by Gasteiger charge is 2.46. The average molecular weight is 548 g/mol. The van der Waals surface area contributed by atoms with Gasteiger partial charge in [-0.25, -0.2) is 0 Å². The molecule has 3 aromatic rings. The molecule has 0 aliphatic rings. The predicted molar refractivity (Wildman–Crippen MR) is 127 cm³/mol. The van der Waals surface area contributed by atoms with E-state index in [1.807, 2.05) is 32.9 Å². The molecule has 200 valence electrons. The van der Waals surface area contributed by atoms with Gasteiger partial charge in [0.15, 0.2) is 0 Å². The Kier molecular flexibility index (Phi) is 7.73. The summed E-state index contributed by atoms with van der Waals surface area (Å²) in [5.74, 6) is -0.665. The molecular weight excluding hydrogens is 524 g/mol. The Morgan fingerprint density at radius 3 is 1.86 bits per heavy atom. The van der Waals surface area contributed by atoms with Crippen molar-refractivity contribution in [3.63, 3.8) is 0 Å². The van der Waals surface area contributed by atoms with Gasteiger partial charge in [-0.15, -0.1) is 13.2 Å². The van der Waals surface area contributed by atoms with Crippen molar-refractivity contribution in [2.75, 3.05) is 4.72 Å². The summed E-state index contributed by atoms with van der Waals surface area (Å²) in [6.45, 7) is 6.01. The molecule has 0 unspecified atom stereocenters. The van der Waals surface area contributed by atoms with E-state index in [1.54, 1.807) is 12.1 Å². The molecule has 1 N–H and O–H groups in total. The zero-order valence-corrected chi connectivity index (χ0v) is 20.7. The molecule has 3 rings (SSSR count). The van der Waals surface area contributed by atoms with Crippen LogP contribution in [0.5, 0.6) is 11.5 Å². The maximum absolute atomic E-state index is 13.0. The Morgan fingerprint density at radius 2 is 1.35 bits per heavy atom. The van der Waals surface area contributed by atoms with Crippen molar-refractivity contribution in [3.05, 3.63) is 77.9 Å². The van der Waals surface area contributed by atoms with E-state index in [1.165, 1.54) is 29.0 Å². The van der Waals surface area contributed by atoms with Crippen LogP contribution >= 0.6 is 0 Å². The largest absolute Gasteiger partial charge is 0.573 e. The van der Waals surface area contributed by atoms with E-state index in [2.05, 4.69) is 4.74 Å². The first kappa shape index (κ1) is 28.2. The smallest absolute Gasteiger partial charge is 0.487 e. The minimum absolute atomic E-state index is 0.0903. The maximum Gasteiger partial charge on any atom is 0.573 e. The van der Waals surface area contributed by atoms with E-state index in [9.17, 15) is 34.8 Å². The van der Waals surface area contributed by atoms with Crippen LogP contribution in [0.3, 0.4) is 0 Å². The van der Waals surface area contributed by atoms with Crippen LogP contribution in [0.25, 0.3) is 11.1 Å². The van der Waals surface area contributed by atoms with Crippen LogP contribution in [0.1, 0.15) is 31.9 Å². The summed E-state index contributed by atoms with van der Waals surface area (Å²) in [6.07, 6.45) is -4.87. The highest BCUT2D eigenvalue weighted by molar-refractivity contribution is 7.93. The predicted octanol–water partition coefficient (Wildman–Crippen LogP) is 7.39. The molecule has 0 atom stereocenters. The van der Waals surface area contributed by atoms with Crippen LogP contribution in [0, 0.1) is 0 Å². The second kappa shape index (κ2) is 10.2. The van der Waals surface area contributed by atoms with Gasteiger partial charge < -0.3 is 9.47 Å². The third-order valence-corrected chi connectivity index (χ3v) is 6.26. The lowest BCUT2D eigenvalue weighted by molar-refractivity contribution is -0.274. The van der Waals surface area contributed by atoms with Gasteiger partial charge in [-0.1, -0.05) is 63.2 Å². The van der Waals surface area contributed by atoms with Crippen molar-refractivity contribution in [2.45, 2.75) is 44.7 Å². The van der Waals surface area contributed by atoms with Gasteiger partial charge in [-0.05, 0) is 51.9 Å². The Labute approximate surface area is 210 Å². The number of benzene rings is 3. The van der Waals surface area contributed by atoms with Crippen molar-refractivity contribution in [2.24, 2.45) is 0 Å². The van der Waals surface area contributed by atoms with Crippen LogP contribution < -0.4 is 14.2 Å². The molecule has 0 aliphatic carbocycles. The third kappa shape index (κ3) is 7.54. The first-order valence-corrected chi connectivity index (χ1v) is 12.2. The van der Waals surface area contributed by atoms with Crippen LogP contribution in [-0.4, -0.2) is 20.3 Å². The van der Waals surface area contributed by atoms with E-state index in [0.717, 1.165) is 23.8 Å². The molecule has 3 aromatic carbocycles. The fourth-order valence-electron chi connectivity index (χ4n) is 3.22. The third-order valence-electron chi connectivity index (χ3n) is 5.17. The molecule has 0 saturated heterocycles. The molecule has 12 heteroatoms. The standard InChI is InChI=1S/C25H23F6NO4S/c1-23(2,3)19-9-4-16(5-10-19)15-35-22-14-18(8-13-21(22)32-37(33,34)25(29,30)31)17-6-11-20(12-7-17)36-24(26,27)28/h4-14,32H,15H2,1-3H3. The molecule has 5 nitrogen and oxygen atoms in total. The first-order valence-electron chi connectivity index (χ1n) is 10.8. The number of halogens is 6. The molecule has 0 aromatic heterocycles. The minimum atomic E-state index is -5.73. The SMILES string of the molecule is CC(C)(C)c1ccc(COc2cc(-c3ccc(OC(F)(F)F)cc3)ccc2NS(=O)(=O)C(F)(F)F)cc1. The van der Waals surface area contributed by atoms with Gasteiger partial charge >= 0.3 is 21.9 Å². The molecular formula is C25H23F6NO4S. The fourth-order valence-corrected chi connectivity index (χ4v) is 3.79. The average Bonchev–Trinajstić information content (AvgIpc) is 2.76. The number of ether oxygens (including phenoxy) is 2. The zero-order valence-electron chi connectivity index (χ0n) is 19.9. The topological polar surface area (TPSA) is 64.6 Å². The fraction of sp³-hybridized carbons (Fsp3) is 0.280. The molecule has 0 radical (unpaired) electrons. The number of hydrogen-bond donors (Lipinski definition) is 1. The summed E-state index contributed by atoms with van der Waals surface area (Å²) in [4.78, 5) is 0. The second-order valence-corrected chi connectivity index (χ2v) is 10.7. The lowest BCUT2D eigenvalue weighted by Gasteiger charge is -2.19. The monoisotopic (exact) mass is 547 g/mol. The van der Waals surface area contributed by atoms with Crippen molar-refractivity contribution >= 4 is 15.7 Å². The number of hydrogen-bond acceptors (Lipinski definition) is 4. The van der Waals surface area contributed by atoms with E-state index in [0.29, 0.717) is 16.7 Å². The van der Waals surface area contributed by atoms with Gasteiger partial charge in [-0.2, -0.15) is 21.6 Å². The van der Waals surface area contributed by atoms with Gasteiger partial charge in [0.25, 0.3) is 0 Å². The normalized spacial score (nSPS) is 12.8. The summed E-state index contributed by atoms with van der Waals surface area (Å²) < 4.78 is 110. The second-order valence-electron chi connectivity index (χ2n) is 9.07. The molecule has 0 saturated carbocycles. The summed E-state index contributed by atoms with van der Waals surface area (Å²) in [5.41, 5.74) is -3.64. The highest BCUT2D eigenvalue weighted by atomic mass is 32.2. The number of rotatable bonds is 7. The molecule has 0 amide bonds. The van der Waals surface area contributed by atoms with Gasteiger partial charge in [0.2, 0.25) is 0 Å². The molecule has 0 aliphatic heterocycles. The van der Waals surface area contributed by atoms with Crippen molar-refractivity contribution in [1.82, 2.24) is 0 Å². The summed E-state index contributed by atoms with van der Waals surface area (Å²) in [6, 6.07) is 15.8. The molecule has 0 spiro atoms. The van der Waals surface area contributed by atoms with Crippen LogP contribution in [0.15, 0.2) is 66.7 Å². The zero-order chi connectivity index (χ0) is 27.6. The van der Waals surface area contributed by atoms with E-state index in [-0.39, 0.29) is 17.8 Å². The quantitative estimate of drug-likeness (QED) is 0.313. The Hall–Kier alpha value is -3.41. The Bertz CT molecular complexity index is 1330. The van der Waals surface area contributed by atoms with Crippen molar-refractivity contribution in [1.29, 1.82) is 0 Å².